The SMILES string of the molecule is CC[C@@H](C)CC[C@H](C)CC[C@H]1C[C@H]1CCCCCCCC(=O)O. The molecule has 136 valence electrons. The highest BCUT2D eigenvalue weighted by Gasteiger charge is 2.35. The molecule has 1 rings (SSSR count). The topological polar surface area (TPSA) is 37.3 Å². The highest BCUT2D eigenvalue weighted by molar-refractivity contribution is 5.66. The third-order valence-electron chi connectivity index (χ3n) is 5.91. The van der Waals surface area contributed by atoms with Crippen molar-refractivity contribution in [3.63, 3.8) is 0 Å². The monoisotopic (exact) mass is 324 g/mol. The zero-order valence-electron chi connectivity index (χ0n) is 15.9. The zero-order valence-corrected chi connectivity index (χ0v) is 15.9. The third-order valence-corrected chi connectivity index (χ3v) is 5.91. The molecular weight excluding hydrogens is 284 g/mol. The van der Waals surface area contributed by atoms with E-state index < -0.39 is 5.97 Å². The van der Waals surface area contributed by atoms with Crippen LogP contribution in [0.5, 0.6) is 0 Å². The molecule has 2 heteroatoms. The van der Waals surface area contributed by atoms with Crippen LogP contribution in [-0.2, 0) is 4.79 Å². The van der Waals surface area contributed by atoms with Crippen LogP contribution < -0.4 is 0 Å². The minimum Gasteiger partial charge on any atom is -0.481 e. The molecule has 0 bridgehead atoms. The lowest BCUT2D eigenvalue weighted by Gasteiger charge is -2.14. The summed E-state index contributed by atoms with van der Waals surface area (Å²) in [6.07, 6.45) is 16.1. The second-order valence-corrected chi connectivity index (χ2v) is 8.23. The van der Waals surface area contributed by atoms with E-state index in [0.717, 1.165) is 36.5 Å². The van der Waals surface area contributed by atoms with E-state index in [1.165, 1.54) is 64.2 Å². The Kier molecular flexibility index (Phi) is 10.6. The van der Waals surface area contributed by atoms with E-state index in [2.05, 4.69) is 20.8 Å². The molecule has 4 atom stereocenters. The van der Waals surface area contributed by atoms with Gasteiger partial charge in [0.1, 0.15) is 0 Å². The van der Waals surface area contributed by atoms with Crippen molar-refractivity contribution < 1.29 is 9.90 Å². The maximum Gasteiger partial charge on any atom is 0.303 e. The molecule has 0 aromatic heterocycles. The number of carbonyl (C=O) groups is 1. The Balaban J connectivity index is 1.88. The predicted octanol–water partition coefficient (Wildman–Crippen LogP) is 6.68. The van der Waals surface area contributed by atoms with E-state index >= 15 is 0 Å². The summed E-state index contributed by atoms with van der Waals surface area (Å²) >= 11 is 0. The Bertz CT molecular complexity index is 313. The molecule has 1 N–H and O–H groups in total. The first-order valence-corrected chi connectivity index (χ1v) is 10.2. The number of hydrogen-bond donors (Lipinski definition) is 1. The lowest BCUT2D eigenvalue weighted by atomic mass is 9.92. The highest BCUT2D eigenvalue weighted by Crippen LogP contribution is 2.46. The van der Waals surface area contributed by atoms with Gasteiger partial charge >= 0.3 is 5.97 Å². The number of aliphatic carboxylic acids is 1. The van der Waals surface area contributed by atoms with E-state index in [4.69, 9.17) is 5.11 Å². The van der Waals surface area contributed by atoms with Gasteiger partial charge in [0.15, 0.2) is 0 Å². The summed E-state index contributed by atoms with van der Waals surface area (Å²) in [5.41, 5.74) is 0. The van der Waals surface area contributed by atoms with Crippen molar-refractivity contribution in [1.82, 2.24) is 0 Å². The summed E-state index contributed by atoms with van der Waals surface area (Å²) in [7, 11) is 0. The molecule has 1 fully saturated rings. The van der Waals surface area contributed by atoms with Crippen molar-refractivity contribution in [3.05, 3.63) is 0 Å². The molecule has 0 aliphatic heterocycles. The van der Waals surface area contributed by atoms with Crippen molar-refractivity contribution in [2.75, 3.05) is 0 Å². The maximum atomic E-state index is 10.4. The van der Waals surface area contributed by atoms with Gasteiger partial charge in [-0.2, -0.15) is 0 Å². The average molecular weight is 325 g/mol. The van der Waals surface area contributed by atoms with Crippen LogP contribution in [0, 0.1) is 23.7 Å². The van der Waals surface area contributed by atoms with Crippen LogP contribution in [-0.4, -0.2) is 11.1 Å². The normalized spacial score (nSPS) is 22.7. The molecule has 0 heterocycles. The van der Waals surface area contributed by atoms with Crippen molar-refractivity contribution >= 4 is 5.97 Å². The first kappa shape index (κ1) is 20.5. The van der Waals surface area contributed by atoms with Gasteiger partial charge < -0.3 is 5.11 Å². The van der Waals surface area contributed by atoms with E-state index in [-0.39, 0.29) is 0 Å². The van der Waals surface area contributed by atoms with Crippen molar-refractivity contribution in [2.24, 2.45) is 23.7 Å². The van der Waals surface area contributed by atoms with Crippen LogP contribution in [0.15, 0.2) is 0 Å². The molecule has 1 aliphatic carbocycles. The summed E-state index contributed by atoms with van der Waals surface area (Å²) in [6, 6.07) is 0. The number of carboxylic acid groups (broad SMARTS) is 1. The Morgan fingerprint density at radius 2 is 1.52 bits per heavy atom. The van der Waals surface area contributed by atoms with Crippen LogP contribution in [0.2, 0.25) is 0 Å². The van der Waals surface area contributed by atoms with Crippen LogP contribution in [0.3, 0.4) is 0 Å². The van der Waals surface area contributed by atoms with E-state index in [9.17, 15) is 4.79 Å². The lowest BCUT2D eigenvalue weighted by Crippen LogP contribution is -2.00. The minimum absolute atomic E-state index is 0.347. The molecular formula is C21H40O2. The number of carboxylic acids is 1. The van der Waals surface area contributed by atoms with Gasteiger partial charge in [-0.1, -0.05) is 78.6 Å². The van der Waals surface area contributed by atoms with Crippen LogP contribution in [0.4, 0.5) is 0 Å². The van der Waals surface area contributed by atoms with E-state index in [1.54, 1.807) is 0 Å². The Morgan fingerprint density at radius 3 is 2.22 bits per heavy atom. The number of rotatable bonds is 15. The van der Waals surface area contributed by atoms with Crippen LogP contribution in [0.1, 0.15) is 104 Å². The Labute approximate surface area is 144 Å². The Morgan fingerprint density at radius 1 is 0.913 bits per heavy atom. The van der Waals surface area contributed by atoms with E-state index in [0.29, 0.717) is 6.42 Å². The molecule has 0 unspecified atom stereocenters. The van der Waals surface area contributed by atoms with Crippen molar-refractivity contribution in [2.45, 2.75) is 104 Å². The molecule has 1 saturated carbocycles. The second kappa shape index (κ2) is 11.9. The van der Waals surface area contributed by atoms with E-state index in [1.807, 2.05) is 0 Å². The average Bonchev–Trinajstić information content (AvgIpc) is 3.27. The second-order valence-electron chi connectivity index (χ2n) is 8.23. The molecule has 0 saturated heterocycles. The molecule has 23 heavy (non-hydrogen) atoms. The smallest absolute Gasteiger partial charge is 0.303 e. The Hall–Kier alpha value is -0.530. The number of unbranched alkanes of at least 4 members (excludes halogenated alkanes) is 4. The molecule has 0 aromatic carbocycles. The maximum absolute atomic E-state index is 10.4. The summed E-state index contributed by atoms with van der Waals surface area (Å²) in [4.78, 5) is 10.4. The zero-order chi connectivity index (χ0) is 17.1. The predicted molar refractivity (Wildman–Crippen MR) is 98.6 cm³/mol. The molecule has 0 amide bonds. The highest BCUT2D eigenvalue weighted by atomic mass is 16.4. The summed E-state index contributed by atoms with van der Waals surface area (Å²) in [6.45, 7) is 7.12. The largest absolute Gasteiger partial charge is 0.481 e. The van der Waals surface area contributed by atoms with Crippen molar-refractivity contribution in [1.29, 1.82) is 0 Å². The summed E-state index contributed by atoms with van der Waals surface area (Å²) in [5.74, 6) is 3.23. The van der Waals surface area contributed by atoms with Gasteiger partial charge in [-0.25, -0.2) is 0 Å². The number of hydrogen-bond acceptors (Lipinski definition) is 1. The van der Waals surface area contributed by atoms with Crippen LogP contribution in [0.25, 0.3) is 0 Å². The van der Waals surface area contributed by atoms with Gasteiger partial charge in [0, 0.05) is 6.42 Å². The van der Waals surface area contributed by atoms with Crippen LogP contribution >= 0.6 is 0 Å². The lowest BCUT2D eigenvalue weighted by molar-refractivity contribution is -0.137. The fourth-order valence-corrected chi connectivity index (χ4v) is 3.65. The van der Waals surface area contributed by atoms with Gasteiger partial charge in [-0.3, -0.25) is 4.79 Å². The van der Waals surface area contributed by atoms with Gasteiger partial charge in [0.2, 0.25) is 0 Å². The standard InChI is InChI=1S/C21H40O2/c1-4-17(2)12-13-18(3)14-15-20-16-19(20)10-8-6-5-7-9-11-21(22)23/h17-20H,4-16H2,1-3H3,(H,22,23)/t17-,18+,19-,20+/m1/s1. The van der Waals surface area contributed by atoms with Gasteiger partial charge in [0.05, 0.1) is 0 Å². The fourth-order valence-electron chi connectivity index (χ4n) is 3.65. The van der Waals surface area contributed by atoms with Gasteiger partial charge in [-0.15, -0.1) is 0 Å². The quantitative estimate of drug-likeness (QED) is 0.341. The van der Waals surface area contributed by atoms with Gasteiger partial charge in [0.25, 0.3) is 0 Å². The summed E-state index contributed by atoms with van der Waals surface area (Å²) < 4.78 is 0. The van der Waals surface area contributed by atoms with Crippen molar-refractivity contribution in [3.8, 4) is 0 Å². The molecule has 0 aromatic rings. The molecule has 0 radical (unpaired) electrons. The molecule has 2 nitrogen and oxygen atoms in total. The third kappa shape index (κ3) is 10.8. The first-order valence-electron chi connectivity index (χ1n) is 10.2. The van der Waals surface area contributed by atoms with Gasteiger partial charge in [-0.05, 0) is 42.9 Å². The summed E-state index contributed by atoms with van der Waals surface area (Å²) in [5, 5.41) is 8.59. The molecule has 0 spiro atoms. The minimum atomic E-state index is -0.649. The first-order chi connectivity index (χ1) is 11.0. The molecule has 1 aliphatic rings. The fraction of sp³-hybridized carbons (Fsp3) is 0.952.